The van der Waals surface area contributed by atoms with Gasteiger partial charge in [0.2, 0.25) is 5.91 Å². The van der Waals surface area contributed by atoms with E-state index >= 15 is 0 Å². The van der Waals surface area contributed by atoms with Crippen LogP contribution in [0.15, 0.2) is 24.7 Å². The summed E-state index contributed by atoms with van der Waals surface area (Å²) >= 11 is 0. The largest absolute Gasteiger partial charge is 0.366 e. The van der Waals surface area contributed by atoms with Crippen molar-refractivity contribution in [3.05, 3.63) is 30.2 Å². The van der Waals surface area contributed by atoms with Crippen LogP contribution in [0, 0.1) is 0 Å². The van der Waals surface area contributed by atoms with Crippen molar-refractivity contribution in [1.29, 1.82) is 0 Å². The molecule has 0 aromatic rings. The number of nitrogens with one attached hydrogen (secondary N) is 1. The molecular weight excluding hydrogens is 154 g/mol. The average molecular weight is 161 g/mol. The van der Waals surface area contributed by atoms with Crippen LogP contribution < -0.4 is 5.73 Å². The molecule has 3 N–H and O–H groups in total. The van der Waals surface area contributed by atoms with Gasteiger partial charge in [0.05, 0.1) is 17.5 Å². The Bertz CT molecular complexity index is 393. The highest BCUT2D eigenvalue weighted by Crippen LogP contribution is 2.18. The van der Waals surface area contributed by atoms with Crippen LogP contribution in [0.3, 0.4) is 0 Å². The van der Waals surface area contributed by atoms with Crippen molar-refractivity contribution in [2.24, 2.45) is 5.73 Å². The second kappa shape index (κ2) is 2.34. The van der Waals surface area contributed by atoms with E-state index in [0.29, 0.717) is 5.56 Å². The van der Waals surface area contributed by atoms with Crippen LogP contribution in [0.4, 0.5) is 0 Å². The highest BCUT2D eigenvalue weighted by atomic mass is 16.1. The number of rotatable bonds is 1. The van der Waals surface area contributed by atoms with Crippen LogP contribution in [0.2, 0.25) is 0 Å². The Labute approximate surface area is 68.8 Å². The number of amides is 1. The summed E-state index contributed by atoms with van der Waals surface area (Å²) < 4.78 is 0. The number of pyridine rings is 1. The molecule has 12 heavy (non-hydrogen) atoms. The van der Waals surface area contributed by atoms with E-state index in [1.54, 1.807) is 24.7 Å². The molecular formula is C8H7N3O. The monoisotopic (exact) mass is 161 g/mol. The number of aromatic amines is 1. The minimum atomic E-state index is -0.436. The van der Waals surface area contributed by atoms with Gasteiger partial charge in [0, 0.05) is 18.0 Å². The first-order valence-corrected chi connectivity index (χ1v) is 3.49. The number of nitrogens with zero attached hydrogens (tertiary/aromatic N) is 1. The topological polar surface area (TPSA) is 71.8 Å². The van der Waals surface area contributed by atoms with E-state index in [0.717, 1.165) is 11.3 Å². The minimum Gasteiger partial charge on any atom is -0.366 e. The van der Waals surface area contributed by atoms with E-state index in [1.807, 2.05) is 0 Å². The Balaban J connectivity index is 2.62. The highest BCUT2D eigenvalue weighted by molar-refractivity contribution is 5.93. The molecule has 0 radical (unpaired) electrons. The fourth-order valence-electron chi connectivity index (χ4n) is 1.08. The molecule has 2 heterocycles. The summed E-state index contributed by atoms with van der Waals surface area (Å²) in [5.41, 5.74) is 7.36. The number of hydrogen-bond acceptors (Lipinski definition) is 2. The van der Waals surface area contributed by atoms with Gasteiger partial charge in [0.25, 0.3) is 0 Å². The number of primary amides is 1. The Morgan fingerprint density at radius 2 is 2.33 bits per heavy atom. The maximum atomic E-state index is 10.7. The molecule has 0 spiro atoms. The summed E-state index contributed by atoms with van der Waals surface area (Å²) in [6, 6.07) is 1.71. The Morgan fingerprint density at radius 1 is 1.50 bits per heavy atom. The lowest BCUT2D eigenvalue weighted by Gasteiger charge is -1.99. The first kappa shape index (κ1) is 6.84. The third kappa shape index (κ3) is 0.934. The third-order valence-electron chi connectivity index (χ3n) is 1.71. The molecule has 60 valence electrons. The SMILES string of the molecule is NC(=O)c1c[nH]c2cncc-2c1. The minimum absolute atomic E-state index is 0.436. The van der Waals surface area contributed by atoms with Gasteiger partial charge in [-0.3, -0.25) is 9.78 Å². The van der Waals surface area contributed by atoms with Crippen molar-refractivity contribution in [2.75, 3.05) is 0 Å². The lowest BCUT2D eigenvalue weighted by molar-refractivity contribution is 0.1000. The van der Waals surface area contributed by atoms with E-state index in [9.17, 15) is 4.79 Å². The Kier molecular flexibility index (Phi) is 1.33. The lowest BCUT2D eigenvalue weighted by atomic mass is 10.1. The Hall–Kier alpha value is -1.84. The Morgan fingerprint density at radius 3 is 3.08 bits per heavy atom. The number of carbonyl (C=O) groups is 1. The summed E-state index contributed by atoms with van der Waals surface area (Å²) in [7, 11) is 0. The van der Waals surface area contributed by atoms with Gasteiger partial charge in [-0.05, 0) is 6.07 Å². The quantitative estimate of drug-likeness (QED) is 0.643. The zero-order chi connectivity index (χ0) is 8.55. The molecule has 0 unspecified atom stereocenters. The van der Waals surface area contributed by atoms with Gasteiger partial charge in [0.1, 0.15) is 0 Å². The van der Waals surface area contributed by atoms with E-state index in [4.69, 9.17) is 5.73 Å². The molecule has 0 fully saturated rings. The van der Waals surface area contributed by atoms with Crippen LogP contribution in [-0.2, 0) is 0 Å². The third-order valence-corrected chi connectivity index (χ3v) is 1.71. The number of fused-ring (bicyclic) bond motifs is 1. The average Bonchev–Trinajstić information content (AvgIpc) is 2.49. The molecule has 0 aliphatic carbocycles. The van der Waals surface area contributed by atoms with E-state index in [2.05, 4.69) is 9.97 Å². The smallest absolute Gasteiger partial charge is 0.250 e. The first-order chi connectivity index (χ1) is 5.77. The van der Waals surface area contributed by atoms with Gasteiger partial charge in [0.15, 0.2) is 0 Å². The van der Waals surface area contributed by atoms with Crippen molar-refractivity contribution in [2.45, 2.75) is 0 Å². The van der Waals surface area contributed by atoms with E-state index < -0.39 is 5.91 Å². The second-order valence-electron chi connectivity index (χ2n) is 2.53. The van der Waals surface area contributed by atoms with Gasteiger partial charge in [-0.15, -0.1) is 0 Å². The van der Waals surface area contributed by atoms with E-state index in [-0.39, 0.29) is 0 Å². The van der Waals surface area contributed by atoms with Gasteiger partial charge < -0.3 is 10.7 Å². The van der Waals surface area contributed by atoms with Gasteiger partial charge in [-0.1, -0.05) is 0 Å². The van der Waals surface area contributed by atoms with Crippen molar-refractivity contribution < 1.29 is 4.79 Å². The van der Waals surface area contributed by atoms with Crippen LogP contribution in [-0.4, -0.2) is 15.9 Å². The van der Waals surface area contributed by atoms with Crippen LogP contribution in [0.1, 0.15) is 10.4 Å². The lowest BCUT2D eigenvalue weighted by Crippen LogP contribution is -2.11. The number of hydrogen-bond donors (Lipinski definition) is 2. The number of carbonyl (C=O) groups excluding carboxylic acids is 1. The van der Waals surface area contributed by atoms with Crippen LogP contribution >= 0.6 is 0 Å². The summed E-state index contributed by atoms with van der Waals surface area (Å²) in [5.74, 6) is -0.436. The summed E-state index contributed by atoms with van der Waals surface area (Å²) in [6.45, 7) is 0. The number of aromatic nitrogens is 2. The number of H-pyrrole nitrogens is 1. The summed E-state index contributed by atoms with van der Waals surface area (Å²) in [4.78, 5) is 17.6. The molecule has 0 aromatic carbocycles. The van der Waals surface area contributed by atoms with Crippen molar-refractivity contribution in [3.8, 4) is 11.3 Å². The highest BCUT2D eigenvalue weighted by Gasteiger charge is 2.06. The molecule has 2 aliphatic rings. The molecule has 4 nitrogen and oxygen atoms in total. The maximum Gasteiger partial charge on any atom is 0.250 e. The van der Waals surface area contributed by atoms with Crippen molar-refractivity contribution in [3.63, 3.8) is 0 Å². The molecule has 0 atom stereocenters. The molecule has 0 aromatic heterocycles. The molecule has 0 saturated carbocycles. The second-order valence-corrected chi connectivity index (χ2v) is 2.53. The van der Waals surface area contributed by atoms with Gasteiger partial charge in [-0.2, -0.15) is 0 Å². The van der Waals surface area contributed by atoms with Crippen molar-refractivity contribution in [1.82, 2.24) is 9.97 Å². The fraction of sp³-hybridized carbons (Fsp3) is 0. The molecule has 4 heteroatoms. The predicted molar refractivity (Wildman–Crippen MR) is 43.7 cm³/mol. The molecule has 1 amide bonds. The van der Waals surface area contributed by atoms with Crippen LogP contribution in [0.5, 0.6) is 0 Å². The maximum absolute atomic E-state index is 10.7. The molecule has 0 bridgehead atoms. The van der Waals surface area contributed by atoms with Crippen LogP contribution in [0.25, 0.3) is 11.3 Å². The van der Waals surface area contributed by atoms with Crippen molar-refractivity contribution >= 4 is 5.91 Å². The molecule has 2 rings (SSSR count). The fourth-order valence-corrected chi connectivity index (χ4v) is 1.08. The molecule has 2 aliphatic heterocycles. The zero-order valence-electron chi connectivity index (χ0n) is 6.24. The normalized spacial score (nSPS) is 10.3. The van der Waals surface area contributed by atoms with Gasteiger partial charge in [-0.25, -0.2) is 0 Å². The summed E-state index contributed by atoms with van der Waals surface area (Å²) in [5, 5.41) is 0. The standard InChI is InChI=1S/C8H7N3O/c9-8(12)6-1-5-2-10-4-7(5)11-3-6/h1-4,11H,(H2,9,12). The first-order valence-electron chi connectivity index (χ1n) is 3.49. The zero-order valence-corrected chi connectivity index (χ0v) is 6.24. The summed E-state index contributed by atoms with van der Waals surface area (Å²) in [6.07, 6.45) is 4.95. The van der Waals surface area contributed by atoms with E-state index in [1.165, 1.54) is 0 Å². The molecule has 0 saturated heterocycles. The number of nitrogens with two attached hydrogens (primary N) is 1. The van der Waals surface area contributed by atoms with Gasteiger partial charge >= 0.3 is 0 Å². The predicted octanol–water partition coefficient (Wildman–Crippen LogP) is 0.613.